The molecule has 0 saturated heterocycles. The van der Waals surface area contributed by atoms with E-state index in [1.54, 1.807) is 6.08 Å². The van der Waals surface area contributed by atoms with Crippen LogP contribution < -0.4 is 0 Å². The van der Waals surface area contributed by atoms with Gasteiger partial charge in [0.2, 0.25) is 0 Å². The van der Waals surface area contributed by atoms with E-state index in [4.69, 9.17) is 4.74 Å². The minimum absolute atomic E-state index is 0.185. The van der Waals surface area contributed by atoms with Gasteiger partial charge in [-0.1, -0.05) is 19.4 Å². The van der Waals surface area contributed by atoms with E-state index in [0.29, 0.717) is 0 Å². The highest BCUT2D eigenvalue weighted by molar-refractivity contribution is 5.83. The minimum Gasteiger partial charge on any atom is -0.457 e. The molecule has 0 spiro atoms. The Hall–Kier alpha value is -0.790. The van der Waals surface area contributed by atoms with E-state index >= 15 is 0 Å². The zero-order valence-electron chi connectivity index (χ0n) is 11.9. The first-order valence-corrected chi connectivity index (χ1v) is 6.70. The third-order valence-corrected chi connectivity index (χ3v) is 3.34. The molecule has 0 aromatic rings. The van der Waals surface area contributed by atoms with Gasteiger partial charge in [0.05, 0.1) is 0 Å². The molecule has 0 atom stereocenters. The molecule has 2 heteroatoms. The van der Waals surface area contributed by atoms with Gasteiger partial charge in [-0.15, -0.1) is 0 Å². The van der Waals surface area contributed by atoms with Crippen LogP contribution in [0.2, 0.25) is 0 Å². The summed E-state index contributed by atoms with van der Waals surface area (Å²) >= 11 is 0. The highest BCUT2D eigenvalue weighted by atomic mass is 16.6. The van der Waals surface area contributed by atoms with Gasteiger partial charge in [0, 0.05) is 6.08 Å². The van der Waals surface area contributed by atoms with Crippen LogP contribution in [0.5, 0.6) is 0 Å². The van der Waals surface area contributed by atoms with Crippen molar-refractivity contribution in [2.45, 2.75) is 65.9 Å². The van der Waals surface area contributed by atoms with Crippen LogP contribution in [0.3, 0.4) is 0 Å². The van der Waals surface area contributed by atoms with E-state index < -0.39 is 0 Å². The number of hydrogen-bond acceptors (Lipinski definition) is 2. The van der Waals surface area contributed by atoms with Gasteiger partial charge in [0.25, 0.3) is 0 Å². The summed E-state index contributed by atoms with van der Waals surface area (Å²) in [5.41, 5.74) is 0.875. The Bertz CT molecular complexity index is 285. The van der Waals surface area contributed by atoms with Gasteiger partial charge in [0.1, 0.15) is 5.60 Å². The van der Waals surface area contributed by atoms with Crippen LogP contribution in [0.15, 0.2) is 11.6 Å². The zero-order valence-corrected chi connectivity index (χ0v) is 11.9. The molecule has 2 nitrogen and oxygen atoms in total. The molecular formula is C15H26O2. The maximum Gasteiger partial charge on any atom is 0.331 e. The number of allylic oxidation sites excluding steroid dienone is 1. The van der Waals surface area contributed by atoms with Crippen LogP contribution >= 0.6 is 0 Å². The standard InChI is InChI=1S/C15H26O2/c1-11(2)13-8-6-12(7-9-13)10-14(16)17-15(3,4)5/h10-11,13H,6-9H2,1-5H3. The van der Waals surface area contributed by atoms with E-state index in [-0.39, 0.29) is 11.6 Å². The molecule has 0 aromatic heterocycles. The van der Waals surface area contributed by atoms with Gasteiger partial charge in [-0.3, -0.25) is 0 Å². The van der Waals surface area contributed by atoms with Crippen molar-refractivity contribution in [2.24, 2.45) is 11.8 Å². The number of ether oxygens (including phenoxy) is 1. The maximum atomic E-state index is 11.6. The van der Waals surface area contributed by atoms with E-state index in [9.17, 15) is 4.79 Å². The van der Waals surface area contributed by atoms with Crippen LogP contribution in [-0.2, 0) is 9.53 Å². The Kier molecular flexibility index (Phi) is 4.79. The molecular weight excluding hydrogens is 212 g/mol. The van der Waals surface area contributed by atoms with E-state index in [1.807, 2.05) is 20.8 Å². The third kappa shape index (κ3) is 5.38. The first-order valence-electron chi connectivity index (χ1n) is 6.70. The van der Waals surface area contributed by atoms with Crippen molar-refractivity contribution in [2.75, 3.05) is 0 Å². The lowest BCUT2D eigenvalue weighted by Crippen LogP contribution is -2.23. The fourth-order valence-corrected chi connectivity index (χ4v) is 2.32. The summed E-state index contributed by atoms with van der Waals surface area (Å²) < 4.78 is 5.30. The number of carbonyl (C=O) groups is 1. The molecule has 0 heterocycles. The van der Waals surface area contributed by atoms with Crippen molar-refractivity contribution in [3.63, 3.8) is 0 Å². The zero-order chi connectivity index (χ0) is 13.1. The second kappa shape index (κ2) is 5.70. The number of hydrogen-bond donors (Lipinski definition) is 0. The smallest absolute Gasteiger partial charge is 0.331 e. The van der Waals surface area contributed by atoms with Crippen molar-refractivity contribution in [1.29, 1.82) is 0 Å². The predicted octanol–water partition coefficient (Wildman–Crippen LogP) is 4.10. The molecule has 0 unspecified atom stereocenters. The highest BCUT2D eigenvalue weighted by Crippen LogP contribution is 2.32. The molecule has 0 aliphatic heterocycles. The van der Waals surface area contributed by atoms with Crippen molar-refractivity contribution in [3.05, 3.63) is 11.6 Å². The number of rotatable bonds is 2. The van der Waals surface area contributed by atoms with E-state index in [0.717, 1.165) is 24.7 Å². The van der Waals surface area contributed by atoms with Gasteiger partial charge < -0.3 is 4.74 Å². The summed E-state index contributed by atoms with van der Waals surface area (Å²) in [6.07, 6.45) is 6.25. The summed E-state index contributed by atoms with van der Waals surface area (Å²) in [6.45, 7) is 10.3. The first-order chi connectivity index (χ1) is 7.78. The second-order valence-electron chi connectivity index (χ2n) is 6.42. The lowest BCUT2D eigenvalue weighted by Gasteiger charge is -2.27. The second-order valence-corrected chi connectivity index (χ2v) is 6.42. The summed E-state index contributed by atoms with van der Waals surface area (Å²) in [4.78, 5) is 11.6. The average Bonchev–Trinajstić information content (AvgIpc) is 2.15. The lowest BCUT2D eigenvalue weighted by atomic mass is 9.79. The molecule has 0 N–H and O–H groups in total. The topological polar surface area (TPSA) is 26.3 Å². The van der Waals surface area contributed by atoms with Gasteiger partial charge in [0.15, 0.2) is 0 Å². The fraction of sp³-hybridized carbons (Fsp3) is 0.800. The monoisotopic (exact) mass is 238 g/mol. The Morgan fingerprint density at radius 2 is 1.82 bits per heavy atom. The van der Waals surface area contributed by atoms with Gasteiger partial charge >= 0.3 is 5.97 Å². The third-order valence-electron chi connectivity index (χ3n) is 3.34. The average molecular weight is 238 g/mol. The largest absolute Gasteiger partial charge is 0.457 e. The fourth-order valence-electron chi connectivity index (χ4n) is 2.32. The molecule has 17 heavy (non-hydrogen) atoms. The molecule has 1 fully saturated rings. The normalized spacial score (nSPS) is 21.5. The summed E-state index contributed by atoms with van der Waals surface area (Å²) in [5.74, 6) is 1.40. The SMILES string of the molecule is CC(C)C1CCC(=CC(=O)OC(C)(C)C)CC1. The minimum atomic E-state index is -0.386. The summed E-state index contributed by atoms with van der Waals surface area (Å²) in [7, 11) is 0. The Labute approximate surface area is 105 Å². The van der Waals surface area contributed by atoms with E-state index in [2.05, 4.69) is 13.8 Å². The lowest BCUT2D eigenvalue weighted by molar-refractivity contribution is -0.148. The summed E-state index contributed by atoms with van der Waals surface area (Å²) in [6, 6.07) is 0. The molecule has 1 aliphatic rings. The Balaban J connectivity index is 2.45. The van der Waals surface area contributed by atoms with Crippen LogP contribution in [0.4, 0.5) is 0 Å². The predicted molar refractivity (Wildman–Crippen MR) is 70.7 cm³/mol. The van der Waals surface area contributed by atoms with Crippen molar-refractivity contribution in [1.82, 2.24) is 0 Å². The maximum absolute atomic E-state index is 11.6. The molecule has 0 aromatic carbocycles. The summed E-state index contributed by atoms with van der Waals surface area (Å²) in [5, 5.41) is 0. The van der Waals surface area contributed by atoms with Crippen molar-refractivity contribution >= 4 is 5.97 Å². The quantitative estimate of drug-likeness (QED) is 0.535. The van der Waals surface area contributed by atoms with Gasteiger partial charge in [-0.2, -0.15) is 0 Å². The molecule has 0 bridgehead atoms. The molecule has 1 aliphatic carbocycles. The van der Waals surface area contributed by atoms with Crippen molar-refractivity contribution in [3.8, 4) is 0 Å². The van der Waals surface area contributed by atoms with Crippen LogP contribution in [0.25, 0.3) is 0 Å². The number of esters is 1. The number of carbonyl (C=O) groups excluding carboxylic acids is 1. The van der Waals surface area contributed by atoms with Gasteiger partial charge in [-0.25, -0.2) is 4.79 Å². The van der Waals surface area contributed by atoms with Crippen LogP contribution in [0.1, 0.15) is 60.3 Å². The molecule has 1 saturated carbocycles. The van der Waals surface area contributed by atoms with Crippen LogP contribution in [-0.4, -0.2) is 11.6 Å². The van der Waals surface area contributed by atoms with Crippen LogP contribution in [0, 0.1) is 11.8 Å². The highest BCUT2D eigenvalue weighted by Gasteiger charge is 2.21. The Morgan fingerprint density at radius 1 is 1.29 bits per heavy atom. The molecule has 0 amide bonds. The molecule has 0 radical (unpaired) electrons. The van der Waals surface area contributed by atoms with Gasteiger partial charge in [-0.05, 0) is 58.3 Å². The Morgan fingerprint density at radius 3 is 2.24 bits per heavy atom. The van der Waals surface area contributed by atoms with Crippen molar-refractivity contribution < 1.29 is 9.53 Å². The molecule has 98 valence electrons. The first kappa shape index (κ1) is 14.3. The molecule has 1 rings (SSSR count). The van der Waals surface area contributed by atoms with E-state index in [1.165, 1.54) is 18.4 Å².